The Hall–Kier alpha value is -4.04. The molecule has 0 fully saturated rings. The minimum absolute atomic E-state index is 0.0378. The highest BCUT2D eigenvalue weighted by Gasteiger charge is 2.18. The van der Waals surface area contributed by atoms with Gasteiger partial charge in [0.05, 0.1) is 38.0 Å². The van der Waals surface area contributed by atoms with Gasteiger partial charge in [-0.25, -0.2) is 0 Å². The van der Waals surface area contributed by atoms with E-state index in [9.17, 15) is 10.2 Å². The quantitative estimate of drug-likeness (QED) is 0.175. The number of nitrogens with zero attached hydrogens (tertiary/aromatic N) is 2. The van der Waals surface area contributed by atoms with Crippen LogP contribution >= 0.6 is 0 Å². The summed E-state index contributed by atoms with van der Waals surface area (Å²) in [5, 5.41) is 23.9. The Morgan fingerprint density at radius 2 is 1.40 bits per heavy atom. The molecule has 0 atom stereocenters. The fraction of sp³-hybridized carbons (Fsp3) is 0.333. The maximum absolute atomic E-state index is 9.65. The van der Waals surface area contributed by atoms with Crippen LogP contribution in [0.15, 0.2) is 60.7 Å². The summed E-state index contributed by atoms with van der Waals surface area (Å²) in [6, 6.07) is 20.6. The minimum Gasteiger partial charge on any atom is -0.497 e. The molecule has 0 bridgehead atoms. The third kappa shape index (κ3) is 5.33. The van der Waals surface area contributed by atoms with Crippen molar-refractivity contribution in [2.45, 2.75) is 54.0 Å². The zero-order valence-corrected chi connectivity index (χ0v) is 26.0. The molecule has 0 aliphatic heterocycles. The van der Waals surface area contributed by atoms with E-state index in [1.165, 1.54) is 32.9 Å². The van der Waals surface area contributed by atoms with Crippen LogP contribution in [0.3, 0.4) is 0 Å². The molecule has 7 heteroatoms. The Morgan fingerprint density at radius 3 is 2.07 bits per heavy atom. The fourth-order valence-corrected chi connectivity index (χ4v) is 6.35. The second kappa shape index (κ2) is 13.1. The van der Waals surface area contributed by atoms with Gasteiger partial charge in [-0.15, -0.1) is 0 Å². The van der Waals surface area contributed by atoms with Crippen LogP contribution in [0.25, 0.3) is 43.6 Å². The molecule has 2 heterocycles. The van der Waals surface area contributed by atoms with Crippen LogP contribution in [-0.2, 0) is 31.0 Å². The zero-order chi connectivity index (χ0) is 30.7. The van der Waals surface area contributed by atoms with Gasteiger partial charge in [0.2, 0.25) is 0 Å². The van der Waals surface area contributed by atoms with Gasteiger partial charge in [-0.1, -0.05) is 30.3 Å². The molecule has 0 amide bonds. The van der Waals surface area contributed by atoms with Gasteiger partial charge >= 0.3 is 0 Å². The summed E-state index contributed by atoms with van der Waals surface area (Å²) in [6.45, 7) is 11.3. The van der Waals surface area contributed by atoms with Gasteiger partial charge < -0.3 is 33.6 Å². The summed E-state index contributed by atoms with van der Waals surface area (Å²) < 4.78 is 21.0. The lowest BCUT2D eigenvalue weighted by Gasteiger charge is -2.12. The number of hydrogen-bond acceptors (Lipinski definition) is 5. The summed E-state index contributed by atoms with van der Waals surface area (Å²) in [7, 11) is 3.34. The van der Waals surface area contributed by atoms with Crippen LogP contribution in [0.2, 0.25) is 0 Å². The standard InChI is InChI=1S/C18H21NO3.C18H21NO2/c1-3-19-15-7-5-4-6-14(15)17-16(19)9-8-13(12-20)18(17)22-11-10-21-2;1-5-19-16-7-6-14(21-4)9-15(16)17-12(3)13(10-20)8-11(2)18(17)19/h4-9,20H,3,10-12H2,1-2H3;6-9,20H,5,10H2,1-4H3. The van der Waals surface area contributed by atoms with Crippen molar-refractivity contribution < 1.29 is 24.4 Å². The van der Waals surface area contributed by atoms with Crippen molar-refractivity contribution in [3.63, 3.8) is 0 Å². The summed E-state index contributed by atoms with van der Waals surface area (Å²) >= 11 is 0. The lowest BCUT2D eigenvalue weighted by Crippen LogP contribution is -2.06. The molecule has 4 aromatic carbocycles. The van der Waals surface area contributed by atoms with E-state index in [0.29, 0.717) is 13.2 Å². The highest BCUT2D eigenvalue weighted by molar-refractivity contribution is 6.12. The van der Waals surface area contributed by atoms with Crippen LogP contribution in [0, 0.1) is 13.8 Å². The summed E-state index contributed by atoms with van der Waals surface area (Å²) in [6.07, 6.45) is 0. The highest BCUT2D eigenvalue weighted by atomic mass is 16.5. The van der Waals surface area contributed by atoms with E-state index < -0.39 is 0 Å². The predicted molar refractivity (Wildman–Crippen MR) is 175 cm³/mol. The maximum atomic E-state index is 9.65. The molecule has 0 saturated carbocycles. The molecule has 2 aromatic heterocycles. The molecule has 43 heavy (non-hydrogen) atoms. The Kier molecular flexibility index (Phi) is 9.25. The van der Waals surface area contributed by atoms with Gasteiger partial charge in [-0.3, -0.25) is 0 Å². The van der Waals surface area contributed by atoms with Crippen molar-refractivity contribution in [1.82, 2.24) is 9.13 Å². The second-order valence-electron chi connectivity index (χ2n) is 10.7. The van der Waals surface area contributed by atoms with E-state index in [2.05, 4.69) is 73.2 Å². The van der Waals surface area contributed by atoms with Crippen LogP contribution in [0.4, 0.5) is 0 Å². The number of rotatable bonds is 9. The van der Waals surface area contributed by atoms with E-state index >= 15 is 0 Å². The molecule has 0 aliphatic rings. The molecule has 0 unspecified atom stereocenters. The first-order chi connectivity index (χ1) is 20.9. The predicted octanol–water partition coefficient (Wildman–Crippen LogP) is 7.26. The topological polar surface area (TPSA) is 78.0 Å². The number of aliphatic hydroxyl groups is 2. The van der Waals surface area contributed by atoms with Gasteiger partial charge in [0.1, 0.15) is 18.1 Å². The third-order valence-corrected chi connectivity index (χ3v) is 8.37. The fourth-order valence-electron chi connectivity index (χ4n) is 6.35. The van der Waals surface area contributed by atoms with Crippen molar-refractivity contribution in [2.24, 2.45) is 0 Å². The minimum atomic E-state index is -0.0378. The molecule has 6 rings (SSSR count). The van der Waals surface area contributed by atoms with Gasteiger partial charge in [0.25, 0.3) is 0 Å². The van der Waals surface area contributed by atoms with Crippen molar-refractivity contribution in [3.8, 4) is 11.5 Å². The van der Waals surface area contributed by atoms with E-state index in [0.717, 1.165) is 57.6 Å². The van der Waals surface area contributed by atoms with Crippen molar-refractivity contribution in [2.75, 3.05) is 27.4 Å². The van der Waals surface area contributed by atoms with Gasteiger partial charge in [-0.05, 0) is 74.7 Å². The molecule has 6 aromatic rings. The molecule has 226 valence electrons. The van der Waals surface area contributed by atoms with Crippen LogP contribution < -0.4 is 9.47 Å². The van der Waals surface area contributed by atoms with E-state index in [4.69, 9.17) is 14.2 Å². The average Bonchev–Trinajstić information content (AvgIpc) is 3.55. The lowest BCUT2D eigenvalue weighted by atomic mass is 9.99. The Balaban J connectivity index is 0.000000171. The SMILES string of the molecule is CCn1c2ccc(OC)cc2c2c(C)c(CO)cc(C)c21.CCn1c2ccccc2c2c(OCCOC)c(CO)ccc21. The van der Waals surface area contributed by atoms with Crippen LogP contribution in [0.1, 0.15) is 36.1 Å². The lowest BCUT2D eigenvalue weighted by molar-refractivity contribution is 0.145. The molecule has 0 saturated heterocycles. The molecule has 0 aliphatic carbocycles. The average molecular weight is 583 g/mol. The first kappa shape index (κ1) is 30.4. The van der Waals surface area contributed by atoms with Crippen molar-refractivity contribution in [3.05, 3.63) is 82.9 Å². The Bertz CT molecular complexity index is 1900. The van der Waals surface area contributed by atoms with Crippen LogP contribution in [-0.4, -0.2) is 46.8 Å². The largest absolute Gasteiger partial charge is 0.497 e. The number of benzene rings is 4. The maximum Gasteiger partial charge on any atom is 0.134 e. The number of fused-ring (bicyclic) bond motifs is 6. The number of aliphatic hydroxyl groups excluding tert-OH is 2. The van der Waals surface area contributed by atoms with E-state index in [1.807, 2.05) is 24.3 Å². The summed E-state index contributed by atoms with van der Waals surface area (Å²) in [4.78, 5) is 0. The van der Waals surface area contributed by atoms with Gasteiger partial charge in [0, 0.05) is 58.3 Å². The number of methoxy groups -OCH3 is 2. The molecule has 7 nitrogen and oxygen atoms in total. The highest BCUT2D eigenvalue weighted by Crippen LogP contribution is 2.39. The van der Waals surface area contributed by atoms with Crippen LogP contribution in [0.5, 0.6) is 11.5 Å². The molecular weight excluding hydrogens is 540 g/mol. The Labute approximate surface area is 252 Å². The number of aryl methyl sites for hydroxylation is 4. The molecule has 2 N–H and O–H groups in total. The molecular formula is C36H42N2O5. The Morgan fingerprint density at radius 1 is 0.698 bits per heavy atom. The van der Waals surface area contributed by atoms with E-state index in [1.54, 1.807) is 14.2 Å². The molecule has 0 radical (unpaired) electrons. The summed E-state index contributed by atoms with van der Waals surface area (Å²) in [5.41, 5.74) is 8.96. The number of aromatic nitrogens is 2. The van der Waals surface area contributed by atoms with Crippen molar-refractivity contribution >= 4 is 43.6 Å². The normalized spacial score (nSPS) is 11.4. The number of ether oxygens (including phenoxy) is 3. The number of hydrogen-bond donors (Lipinski definition) is 2. The van der Waals surface area contributed by atoms with E-state index in [-0.39, 0.29) is 13.2 Å². The smallest absolute Gasteiger partial charge is 0.134 e. The monoisotopic (exact) mass is 582 g/mol. The number of para-hydroxylation sites is 1. The summed E-state index contributed by atoms with van der Waals surface area (Å²) in [5.74, 6) is 1.63. The first-order valence-corrected chi connectivity index (χ1v) is 14.9. The third-order valence-electron chi connectivity index (χ3n) is 8.37. The van der Waals surface area contributed by atoms with Gasteiger partial charge in [0.15, 0.2) is 0 Å². The second-order valence-corrected chi connectivity index (χ2v) is 10.7. The van der Waals surface area contributed by atoms with Gasteiger partial charge in [-0.2, -0.15) is 0 Å². The van der Waals surface area contributed by atoms with Crippen molar-refractivity contribution in [1.29, 1.82) is 0 Å². The zero-order valence-electron chi connectivity index (χ0n) is 26.0. The first-order valence-electron chi connectivity index (χ1n) is 14.9. The molecule has 0 spiro atoms.